The maximum absolute atomic E-state index is 12.3. The van der Waals surface area contributed by atoms with E-state index in [9.17, 15) is 9.59 Å². The van der Waals surface area contributed by atoms with Crippen molar-refractivity contribution < 1.29 is 19.1 Å². The fraction of sp³-hybridized carbons (Fsp3) is 0.250. The van der Waals surface area contributed by atoms with Crippen LogP contribution in [0.25, 0.3) is 0 Å². The lowest BCUT2D eigenvalue weighted by atomic mass is 10.0. The Balaban J connectivity index is 2.17. The van der Waals surface area contributed by atoms with Crippen molar-refractivity contribution in [2.24, 2.45) is 0 Å². The van der Waals surface area contributed by atoms with Gasteiger partial charge in [-0.2, -0.15) is 0 Å². The van der Waals surface area contributed by atoms with Crippen LogP contribution in [0.15, 0.2) is 45.5 Å². The molecule has 1 aromatic carbocycles. The fourth-order valence-corrected chi connectivity index (χ4v) is 2.67. The van der Waals surface area contributed by atoms with E-state index in [4.69, 9.17) is 9.52 Å². The van der Waals surface area contributed by atoms with Crippen molar-refractivity contribution in [1.29, 1.82) is 0 Å². The first-order valence-electron chi connectivity index (χ1n) is 6.81. The second kappa shape index (κ2) is 7.26. The summed E-state index contributed by atoms with van der Waals surface area (Å²) >= 11 is 3.19. The summed E-state index contributed by atoms with van der Waals surface area (Å²) < 4.78 is 5.81. The van der Waals surface area contributed by atoms with Crippen LogP contribution >= 0.6 is 15.9 Å². The van der Waals surface area contributed by atoms with Crippen LogP contribution in [0, 0.1) is 6.92 Å². The molecule has 1 unspecified atom stereocenters. The molecule has 2 aromatic rings. The van der Waals surface area contributed by atoms with Gasteiger partial charge in [-0.1, -0.05) is 30.3 Å². The van der Waals surface area contributed by atoms with Gasteiger partial charge < -0.3 is 14.8 Å². The van der Waals surface area contributed by atoms with Gasteiger partial charge in [-0.05, 0) is 40.9 Å². The number of carboxylic acid groups (broad SMARTS) is 1. The second-order valence-electron chi connectivity index (χ2n) is 4.93. The minimum atomic E-state index is -0.896. The summed E-state index contributed by atoms with van der Waals surface area (Å²) in [7, 11) is 0. The molecular weight excluding hydrogens is 350 g/mol. The van der Waals surface area contributed by atoms with Crippen molar-refractivity contribution in [2.45, 2.75) is 25.8 Å². The van der Waals surface area contributed by atoms with E-state index in [2.05, 4.69) is 21.2 Å². The van der Waals surface area contributed by atoms with E-state index in [1.165, 1.54) is 0 Å². The van der Waals surface area contributed by atoms with Crippen LogP contribution in [-0.4, -0.2) is 17.0 Å². The molecule has 5 nitrogen and oxygen atoms in total. The number of aliphatic carboxylic acids is 1. The number of carboxylic acids is 1. The van der Waals surface area contributed by atoms with Crippen molar-refractivity contribution in [3.63, 3.8) is 0 Å². The molecule has 0 saturated carbocycles. The number of aryl methyl sites for hydroxylation is 1. The zero-order chi connectivity index (χ0) is 16.1. The van der Waals surface area contributed by atoms with Gasteiger partial charge in [0.1, 0.15) is 0 Å². The Morgan fingerprint density at radius 1 is 1.32 bits per heavy atom. The van der Waals surface area contributed by atoms with Gasteiger partial charge in [-0.15, -0.1) is 0 Å². The van der Waals surface area contributed by atoms with Crippen molar-refractivity contribution in [2.75, 3.05) is 0 Å². The normalized spacial score (nSPS) is 11.9. The summed E-state index contributed by atoms with van der Waals surface area (Å²) in [4.78, 5) is 23.1. The molecule has 0 bridgehead atoms. The number of furan rings is 1. The molecule has 1 amide bonds. The van der Waals surface area contributed by atoms with Gasteiger partial charge in [0.05, 0.1) is 6.04 Å². The van der Waals surface area contributed by atoms with Gasteiger partial charge >= 0.3 is 5.97 Å². The van der Waals surface area contributed by atoms with Crippen LogP contribution < -0.4 is 5.32 Å². The van der Waals surface area contributed by atoms with Crippen molar-refractivity contribution >= 4 is 27.8 Å². The highest BCUT2D eigenvalue weighted by Crippen LogP contribution is 2.22. The van der Waals surface area contributed by atoms with Crippen LogP contribution in [0.1, 0.15) is 40.6 Å². The molecule has 1 heterocycles. The highest BCUT2D eigenvalue weighted by Gasteiger charge is 2.20. The molecule has 0 fully saturated rings. The van der Waals surface area contributed by atoms with E-state index in [0.29, 0.717) is 11.1 Å². The summed E-state index contributed by atoms with van der Waals surface area (Å²) in [6.45, 7) is 1.78. The fourth-order valence-electron chi connectivity index (χ4n) is 2.17. The quantitative estimate of drug-likeness (QED) is 0.817. The van der Waals surface area contributed by atoms with Crippen LogP contribution in [0.4, 0.5) is 0 Å². The number of hydrogen-bond acceptors (Lipinski definition) is 3. The van der Waals surface area contributed by atoms with Crippen molar-refractivity contribution in [1.82, 2.24) is 5.32 Å². The Kier molecular flexibility index (Phi) is 5.38. The third-order valence-electron chi connectivity index (χ3n) is 3.25. The number of amides is 1. The SMILES string of the molecule is Cc1cc(Br)oc1C(=O)NC(CCC(=O)O)c1ccccc1. The Bertz CT molecular complexity index is 666. The number of rotatable bonds is 6. The third kappa shape index (κ3) is 4.21. The number of halogens is 1. The Morgan fingerprint density at radius 2 is 2.00 bits per heavy atom. The van der Waals surface area contributed by atoms with Gasteiger partial charge in [-0.3, -0.25) is 9.59 Å². The van der Waals surface area contributed by atoms with Gasteiger partial charge in [0.25, 0.3) is 5.91 Å². The van der Waals surface area contributed by atoms with Gasteiger partial charge in [0.15, 0.2) is 10.4 Å². The molecule has 116 valence electrons. The molecule has 1 atom stereocenters. The summed E-state index contributed by atoms with van der Waals surface area (Å²) in [6, 6.07) is 10.6. The first-order chi connectivity index (χ1) is 10.5. The molecule has 6 heteroatoms. The molecule has 0 aliphatic carbocycles. The molecule has 2 rings (SSSR count). The number of hydrogen-bond donors (Lipinski definition) is 2. The van der Waals surface area contributed by atoms with Crippen LogP contribution in [0.5, 0.6) is 0 Å². The van der Waals surface area contributed by atoms with Crippen LogP contribution in [-0.2, 0) is 4.79 Å². The first kappa shape index (κ1) is 16.3. The van der Waals surface area contributed by atoms with E-state index < -0.39 is 5.97 Å². The minimum Gasteiger partial charge on any atom is -0.481 e. The Morgan fingerprint density at radius 3 is 2.55 bits per heavy atom. The maximum atomic E-state index is 12.3. The highest BCUT2D eigenvalue weighted by molar-refractivity contribution is 9.10. The van der Waals surface area contributed by atoms with Crippen LogP contribution in [0.3, 0.4) is 0 Å². The Labute approximate surface area is 136 Å². The maximum Gasteiger partial charge on any atom is 0.303 e. The Hall–Kier alpha value is -2.08. The molecule has 1 aromatic heterocycles. The molecular formula is C16H16BrNO4. The molecule has 22 heavy (non-hydrogen) atoms. The van der Waals surface area contributed by atoms with Crippen molar-refractivity contribution in [3.05, 3.63) is 58.0 Å². The highest BCUT2D eigenvalue weighted by atomic mass is 79.9. The first-order valence-corrected chi connectivity index (χ1v) is 7.60. The van der Waals surface area contributed by atoms with Gasteiger partial charge in [0.2, 0.25) is 0 Å². The lowest BCUT2D eigenvalue weighted by Gasteiger charge is -2.18. The third-order valence-corrected chi connectivity index (χ3v) is 3.64. The number of carbonyl (C=O) groups is 2. The summed E-state index contributed by atoms with van der Waals surface area (Å²) in [5.74, 6) is -1.03. The molecule has 0 radical (unpaired) electrons. The van der Waals surface area contributed by atoms with E-state index in [1.54, 1.807) is 13.0 Å². The predicted molar refractivity (Wildman–Crippen MR) is 84.7 cm³/mol. The summed E-state index contributed by atoms with van der Waals surface area (Å²) in [5, 5.41) is 11.7. The average molecular weight is 366 g/mol. The standard InChI is InChI=1S/C16H16BrNO4/c1-10-9-13(17)22-15(10)16(21)18-12(7-8-14(19)20)11-5-3-2-4-6-11/h2-6,9,12H,7-8H2,1H3,(H,18,21)(H,19,20). The number of nitrogens with one attached hydrogen (secondary N) is 1. The van der Waals surface area contributed by atoms with E-state index >= 15 is 0 Å². The van der Waals surface area contributed by atoms with E-state index in [0.717, 1.165) is 11.1 Å². The van der Waals surface area contributed by atoms with Crippen molar-refractivity contribution in [3.8, 4) is 0 Å². The average Bonchev–Trinajstić information content (AvgIpc) is 2.83. The summed E-state index contributed by atoms with van der Waals surface area (Å²) in [5.41, 5.74) is 1.58. The van der Waals surface area contributed by atoms with E-state index in [1.807, 2.05) is 30.3 Å². The van der Waals surface area contributed by atoms with Crippen LogP contribution in [0.2, 0.25) is 0 Å². The van der Waals surface area contributed by atoms with E-state index in [-0.39, 0.29) is 24.1 Å². The summed E-state index contributed by atoms with van der Waals surface area (Å²) in [6.07, 6.45) is 0.284. The molecule has 0 aliphatic heterocycles. The molecule has 2 N–H and O–H groups in total. The molecule has 0 spiro atoms. The zero-order valence-electron chi connectivity index (χ0n) is 12.0. The predicted octanol–water partition coefficient (Wildman–Crippen LogP) is 3.69. The topological polar surface area (TPSA) is 79.5 Å². The van der Waals surface area contributed by atoms with Gasteiger partial charge in [0, 0.05) is 12.0 Å². The number of benzene rings is 1. The lowest BCUT2D eigenvalue weighted by Crippen LogP contribution is -2.29. The lowest BCUT2D eigenvalue weighted by molar-refractivity contribution is -0.137. The largest absolute Gasteiger partial charge is 0.481 e. The minimum absolute atomic E-state index is 0.0271. The number of carbonyl (C=O) groups excluding carboxylic acids is 1. The van der Waals surface area contributed by atoms with Gasteiger partial charge in [-0.25, -0.2) is 0 Å². The smallest absolute Gasteiger partial charge is 0.303 e. The molecule has 0 aliphatic rings. The molecule has 0 saturated heterocycles. The zero-order valence-corrected chi connectivity index (χ0v) is 13.6. The monoisotopic (exact) mass is 365 g/mol. The second-order valence-corrected chi connectivity index (χ2v) is 5.71.